The van der Waals surface area contributed by atoms with E-state index in [1.54, 1.807) is 6.07 Å². The van der Waals surface area contributed by atoms with Crippen LogP contribution in [0.5, 0.6) is 0 Å². The third kappa shape index (κ3) is 8.42. The molecular weight excluding hydrogens is 474 g/mol. The molecule has 1 aromatic heterocycles. The molecule has 0 bridgehead atoms. The van der Waals surface area contributed by atoms with E-state index < -0.39 is 30.0 Å². The zero-order chi connectivity index (χ0) is 26.2. The maximum atomic E-state index is 14.8. The second-order valence-electron chi connectivity index (χ2n) is 8.55. The van der Waals surface area contributed by atoms with E-state index in [4.69, 9.17) is 9.90 Å². The van der Waals surface area contributed by atoms with Gasteiger partial charge in [0.05, 0.1) is 12.5 Å². The van der Waals surface area contributed by atoms with Crippen molar-refractivity contribution in [1.82, 2.24) is 20.6 Å². The molecule has 2 heterocycles. The number of hydrogen-bond donors (Lipinski definition) is 3. The Labute approximate surface area is 198 Å². The monoisotopic (exact) mass is 501 g/mol. The normalized spacial score (nSPS) is 15.6. The van der Waals surface area contributed by atoms with Crippen molar-refractivity contribution in [3.05, 3.63) is 47.0 Å². The first-order chi connectivity index (χ1) is 16.4. The number of carboxylic acids is 2. The topological polar surface area (TPSA) is 148 Å². The molecule has 192 valence electrons. The number of hydrogen-bond acceptors (Lipinski definition) is 6. The SMILES string of the molecule is CC(C)C[C@H](C(=O)O)[C@H](Cc1ccc(C2=CCC[NH2+]C2)c(F)c1)c1nn[nH]n1.O=C([O-])C(F)(F)F. The number of rotatable bonds is 8. The highest BCUT2D eigenvalue weighted by Gasteiger charge is 2.33. The molecule has 0 unspecified atom stereocenters. The number of carboxylic acid groups (broad SMARTS) is 2. The summed E-state index contributed by atoms with van der Waals surface area (Å²) in [7, 11) is 0. The van der Waals surface area contributed by atoms with Gasteiger partial charge in [-0.25, -0.2) is 4.39 Å². The molecule has 2 atom stereocenters. The zero-order valence-electron chi connectivity index (χ0n) is 19.2. The summed E-state index contributed by atoms with van der Waals surface area (Å²) in [6.45, 7) is 5.76. The molecule has 0 spiro atoms. The van der Waals surface area contributed by atoms with Crippen LogP contribution in [-0.2, 0) is 16.0 Å². The van der Waals surface area contributed by atoms with Crippen molar-refractivity contribution in [1.29, 1.82) is 0 Å². The molecule has 0 radical (unpaired) electrons. The fourth-order valence-corrected chi connectivity index (χ4v) is 3.82. The van der Waals surface area contributed by atoms with Crippen LogP contribution in [0.3, 0.4) is 0 Å². The van der Waals surface area contributed by atoms with E-state index in [0.717, 1.165) is 30.6 Å². The summed E-state index contributed by atoms with van der Waals surface area (Å²) in [6, 6.07) is 5.17. The number of nitrogens with two attached hydrogens (primary N) is 1. The molecule has 0 fully saturated rings. The highest BCUT2D eigenvalue weighted by molar-refractivity contribution is 5.71. The Kier molecular flexibility index (Phi) is 9.87. The molecule has 35 heavy (non-hydrogen) atoms. The Bertz CT molecular complexity index is 1030. The predicted octanol–water partition coefficient (Wildman–Crippen LogP) is 1.06. The first-order valence-corrected chi connectivity index (χ1v) is 10.9. The van der Waals surface area contributed by atoms with Crippen LogP contribution in [-0.4, -0.2) is 56.9 Å². The van der Waals surface area contributed by atoms with Crippen molar-refractivity contribution in [2.24, 2.45) is 11.8 Å². The fraction of sp³-hybridized carbons (Fsp3) is 0.500. The summed E-state index contributed by atoms with van der Waals surface area (Å²) >= 11 is 0. The lowest BCUT2D eigenvalue weighted by Crippen LogP contribution is -2.85. The summed E-state index contributed by atoms with van der Waals surface area (Å²) in [5.74, 6) is -4.79. The number of nitrogens with zero attached hydrogens (tertiary/aromatic N) is 3. The lowest BCUT2D eigenvalue weighted by atomic mass is 9.81. The van der Waals surface area contributed by atoms with Crippen LogP contribution < -0.4 is 10.4 Å². The van der Waals surface area contributed by atoms with E-state index in [9.17, 15) is 27.5 Å². The molecule has 2 aromatic rings. The van der Waals surface area contributed by atoms with Gasteiger partial charge in [0.25, 0.3) is 0 Å². The maximum Gasteiger partial charge on any atom is 0.430 e. The fourth-order valence-electron chi connectivity index (χ4n) is 3.82. The molecule has 1 aliphatic rings. The lowest BCUT2D eigenvalue weighted by Gasteiger charge is -2.23. The summed E-state index contributed by atoms with van der Waals surface area (Å²) < 4.78 is 46.3. The first kappa shape index (κ1) is 27.9. The van der Waals surface area contributed by atoms with Crippen LogP contribution in [0.1, 0.15) is 49.6 Å². The average molecular weight is 501 g/mol. The van der Waals surface area contributed by atoms with E-state index in [2.05, 4.69) is 32.0 Å². The molecule has 0 amide bonds. The second kappa shape index (κ2) is 12.4. The predicted molar refractivity (Wildman–Crippen MR) is 113 cm³/mol. The molecule has 1 aromatic carbocycles. The van der Waals surface area contributed by atoms with Crippen molar-refractivity contribution in [3.8, 4) is 0 Å². The largest absolute Gasteiger partial charge is 0.542 e. The van der Waals surface area contributed by atoms with Crippen molar-refractivity contribution < 1.29 is 42.7 Å². The molecule has 4 N–H and O–H groups in total. The Morgan fingerprint density at radius 2 is 1.97 bits per heavy atom. The van der Waals surface area contributed by atoms with Gasteiger partial charge in [0.1, 0.15) is 18.3 Å². The molecule has 0 saturated carbocycles. The summed E-state index contributed by atoms with van der Waals surface area (Å²) in [5, 5.41) is 34.7. The molecule has 9 nitrogen and oxygen atoms in total. The number of carbonyl (C=O) groups is 2. The van der Waals surface area contributed by atoms with Crippen LogP contribution >= 0.6 is 0 Å². The number of quaternary nitrogens is 1. The van der Waals surface area contributed by atoms with E-state index in [1.165, 1.54) is 6.07 Å². The molecular formula is C22H27F4N5O4. The number of H-pyrrole nitrogens is 1. The summed E-state index contributed by atoms with van der Waals surface area (Å²) in [5.41, 5.74) is 2.35. The van der Waals surface area contributed by atoms with E-state index in [1.807, 2.05) is 19.9 Å². The van der Waals surface area contributed by atoms with Crippen LogP contribution in [0.25, 0.3) is 5.57 Å². The van der Waals surface area contributed by atoms with Gasteiger partial charge in [-0.05, 0) is 30.4 Å². The van der Waals surface area contributed by atoms with Gasteiger partial charge in [0.2, 0.25) is 0 Å². The minimum atomic E-state index is -5.19. The highest BCUT2D eigenvalue weighted by Crippen LogP contribution is 2.32. The van der Waals surface area contributed by atoms with Crippen molar-refractivity contribution in [2.75, 3.05) is 13.1 Å². The van der Waals surface area contributed by atoms with Crippen molar-refractivity contribution in [2.45, 2.75) is 45.2 Å². The molecule has 0 saturated heterocycles. The number of aromatic amines is 1. The Balaban J connectivity index is 0.000000540. The third-order valence-corrected chi connectivity index (χ3v) is 5.41. The van der Waals surface area contributed by atoms with Gasteiger partial charge in [-0.1, -0.05) is 37.3 Å². The lowest BCUT2D eigenvalue weighted by molar-refractivity contribution is -0.644. The summed E-state index contributed by atoms with van der Waals surface area (Å²) in [4.78, 5) is 20.7. The first-order valence-electron chi connectivity index (χ1n) is 10.9. The smallest absolute Gasteiger partial charge is 0.430 e. The average Bonchev–Trinajstić information content (AvgIpc) is 3.31. The number of alkyl halides is 3. The maximum absolute atomic E-state index is 14.8. The zero-order valence-corrected chi connectivity index (χ0v) is 19.2. The van der Waals surface area contributed by atoms with E-state index >= 15 is 0 Å². The number of tetrazole rings is 1. The number of nitrogens with one attached hydrogen (secondary N) is 1. The van der Waals surface area contributed by atoms with Gasteiger partial charge < -0.3 is 20.3 Å². The van der Waals surface area contributed by atoms with Crippen LogP contribution in [0.2, 0.25) is 0 Å². The van der Waals surface area contributed by atoms with Crippen molar-refractivity contribution >= 4 is 17.5 Å². The van der Waals surface area contributed by atoms with Crippen LogP contribution in [0.4, 0.5) is 17.6 Å². The number of carbonyl (C=O) groups excluding carboxylic acids is 1. The van der Waals surface area contributed by atoms with Gasteiger partial charge in [-0.3, -0.25) is 4.79 Å². The van der Waals surface area contributed by atoms with Gasteiger partial charge in [0, 0.05) is 23.5 Å². The Morgan fingerprint density at radius 1 is 1.29 bits per heavy atom. The van der Waals surface area contributed by atoms with Crippen LogP contribution in [0.15, 0.2) is 24.3 Å². The van der Waals surface area contributed by atoms with Gasteiger partial charge in [-0.2, -0.15) is 18.4 Å². The number of aliphatic carboxylic acids is 2. The third-order valence-electron chi connectivity index (χ3n) is 5.41. The quantitative estimate of drug-likeness (QED) is 0.458. The Hall–Kier alpha value is -3.35. The van der Waals surface area contributed by atoms with E-state index in [-0.39, 0.29) is 11.7 Å². The van der Waals surface area contributed by atoms with Crippen molar-refractivity contribution in [3.63, 3.8) is 0 Å². The Morgan fingerprint density at radius 3 is 2.43 bits per heavy atom. The van der Waals surface area contributed by atoms with Gasteiger partial charge in [-0.15, -0.1) is 10.2 Å². The number of aromatic nitrogens is 4. The van der Waals surface area contributed by atoms with Gasteiger partial charge in [0.15, 0.2) is 5.82 Å². The molecule has 0 aliphatic carbocycles. The summed E-state index contributed by atoms with van der Waals surface area (Å²) in [6.07, 6.45) is -1.35. The number of halogens is 4. The van der Waals surface area contributed by atoms with E-state index in [0.29, 0.717) is 24.2 Å². The standard InChI is InChI=1S/C20H26FN5O2.C2HF3O2/c1-12(2)8-17(20(27)28)16(19-23-25-26-24-19)9-13-5-6-15(18(21)10-13)14-4-3-7-22-11-14;3-2(4,5)1(6)7/h4-6,10,12,16-17,22H,3,7-9,11H2,1-2H3,(H,27,28)(H,23,24,25,26);(H,6,7)/t16-,17-;/m0./s1. The molecule has 3 rings (SSSR count). The minimum Gasteiger partial charge on any atom is -0.542 e. The number of benzene rings is 1. The molecule has 1 aliphatic heterocycles. The molecule has 13 heteroatoms. The second-order valence-corrected chi connectivity index (χ2v) is 8.55. The van der Waals surface area contributed by atoms with Gasteiger partial charge >= 0.3 is 12.1 Å². The highest BCUT2D eigenvalue weighted by atomic mass is 19.4. The minimum absolute atomic E-state index is 0.198. The van der Waals surface area contributed by atoms with Crippen LogP contribution in [0, 0.1) is 17.7 Å².